The van der Waals surface area contributed by atoms with Gasteiger partial charge in [-0.3, -0.25) is 9.58 Å². The quantitative estimate of drug-likeness (QED) is 0.885. The number of aryl methyl sites for hydroxylation is 1. The first-order chi connectivity index (χ1) is 13.6. The van der Waals surface area contributed by atoms with E-state index in [4.69, 9.17) is 0 Å². The summed E-state index contributed by atoms with van der Waals surface area (Å²) in [5.41, 5.74) is 1.67. The SMILES string of the molecule is CC1CCC(N2CCN(C(=O)Nc3cccc(-c4ncn(C)n4)c3)CC2)CC1. The lowest BCUT2D eigenvalue weighted by Gasteiger charge is -2.41. The Labute approximate surface area is 166 Å². The molecule has 0 bridgehead atoms. The zero-order valence-electron chi connectivity index (χ0n) is 16.8. The Kier molecular flexibility index (Phi) is 5.62. The number of hydrogen-bond donors (Lipinski definition) is 1. The van der Waals surface area contributed by atoms with Gasteiger partial charge in [0, 0.05) is 50.5 Å². The van der Waals surface area contributed by atoms with Crippen LogP contribution in [-0.4, -0.2) is 62.8 Å². The van der Waals surface area contributed by atoms with E-state index < -0.39 is 0 Å². The first-order valence-corrected chi connectivity index (χ1v) is 10.3. The molecule has 2 heterocycles. The minimum Gasteiger partial charge on any atom is -0.322 e. The average molecular weight is 383 g/mol. The van der Waals surface area contributed by atoms with Crippen LogP contribution in [0.3, 0.4) is 0 Å². The molecule has 0 unspecified atom stereocenters. The summed E-state index contributed by atoms with van der Waals surface area (Å²) in [7, 11) is 1.84. The maximum atomic E-state index is 12.7. The third kappa shape index (κ3) is 4.35. The first-order valence-electron chi connectivity index (χ1n) is 10.3. The van der Waals surface area contributed by atoms with Gasteiger partial charge in [0.1, 0.15) is 6.33 Å². The van der Waals surface area contributed by atoms with Crippen LogP contribution in [0.15, 0.2) is 30.6 Å². The third-order valence-corrected chi connectivity index (χ3v) is 6.07. The number of benzene rings is 1. The molecular weight excluding hydrogens is 352 g/mol. The van der Waals surface area contributed by atoms with Crippen molar-refractivity contribution < 1.29 is 4.79 Å². The van der Waals surface area contributed by atoms with E-state index in [0.717, 1.165) is 43.3 Å². The fourth-order valence-corrected chi connectivity index (χ4v) is 4.31. The molecule has 2 amide bonds. The Bertz CT molecular complexity index is 803. The number of aromatic nitrogens is 3. The Morgan fingerprint density at radius 1 is 1.11 bits per heavy atom. The number of rotatable bonds is 3. The molecule has 1 aliphatic heterocycles. The number of carbonyl (C=O) groups is 1. The van der Waals surface area contributed by atoms with Gasteiger partial charge in [-0.25, -0.2) is 9.78 Å². The lowest BCUT2D eigenvalue weighted by molar-refractivity contribution is 0.0864. The summed E-state index contributed by atoms with van der Waals surface area (Å²) >= 11 is 0. The van der Waals surface area contributed by atoms with Crippen LogP contribution in [-0.2, 0) is 7.05 Å². The van der Waals surface area contributed by atoms with Crippen molar-refractivity contribution in [3.05, 3.63) is 30.6 Å². The summed E-state index contributed by atoms with van der Waals surface area (Å²) in [5.74, 6) is 1.54. The lowest BCUT2D eigenvalue weighted by Crippen LogP contribution is -2.53. The Morgan fingerprint density at radius 3 is 2.54 bits per heavy atom. The van der Waals surface area contributed by atoms with Gasteiger partial charge < -0.3 is 10.2 Å². The maximum absolute atomic E-state index is 12.7. The van der Waals surface area contributed by atoms with Gasteiger partial charge in [0.05, 0.1) is 0 Å². The van der Waals surface area contributed by atoms with Crippen LogP contribution in [0.1, 0.15) is 32.6 Å². The number of hydrogen-bond acceptors (Lipinski definition) is 4. The Balaban J connectivity index is 1.31. The van der Waals surface area contributed by atoms with Crippen molar-refractivity contribution in [3.63, 3.8) is 0 Å². The van der Waals surface area contributed by atoms with Crippen molar-refractivity contribution in [2.24, 2.45) is 13.0 Å². The van der Waals surface area contributed by atoms with E-state index in [1.165, 1.54) is 25.7 Å². The van der Waals surface area contributed by atoms with Gasteiger partial charge in [-0.1, -0.05) is 19.1 Å². The summed E-state index contributed by atoms with van der Waals surface area (Å²) < 4.78 is 1.67. The molecule has 1 N–H and O–H groups in total. The van der Waals surface area contributed by atoms with Crippen LogP contribution >= 0.6 is 0 Å². The second kappa shape index (κ2) is 8.31. The van der Waals surface area contributed by atoms with E-state index in [-0.39, 0.29) is 6.03 Å². The van der Waals surface area contributed by atoms with E-state index in [2.05, 4.69) is 27.2 Å². The maximum Gasteiger partial charge on any atom is 0.321 e. The predicted octanol–water partition coefficient (Wildman–Crippen LogP) is 3.21. The average Bonchev–Trinajstić information content (AvgIpc) is 3.15. The number of urea groups is 1. The zero-order valence-corrected chi connectivity index (χ0v) is 16.8. The highest BCUT2D eigenvalue weighted by atomic mass is 16.2. The molecule has 1 aromatic heterocycles. The smallest absolute Gasteiger partial charge is 0.321 e. The molecule has 1 aliphatic carbocycles. The van der Waals surface area contributed by atoms with Crippen LogP contribution in [0, 0.1) is 5.92 Å². The summed E-state index contributed by atoms with van der Waals surface area (Å²) in [4.78, 5) is 21.5. The number of nitrogens with one attached hydrogen (secondary N) is 1. The van der Waals surface area contributed by atoms with Gasteiger partial charge in [-0.15, -0.1) is 0 Å². The molecule has 2 fully saturated rings. The molecule has 150 valence electrons. The van der Waals surface area contributed by atoms with Crippen molar-refractivity contribution >= 4 is 11.7 Å². The molecule has 2 aliphatic rings. The summed E-state index contributed by atoms with van der Waals surface area (Å²) in [5, 5.41) is 7.36. The van der Waals surface area contributed by atoms with Crippen molar-refractivity contribution in [1.82, 2.24) is 24.6 Å². The number of amides is 2. The van der Waals surface area contributed by atoms with Gasteiger partial charge in [0.25, 0.3) is 0 Å². The van der Waals surface area contributed by atoms with E-state index in [1.54, 1.807) is 11.0 Å². The van der Waals surface area contributed by atoms with E-state index in [9.17, 15) is 4.79 Å². The number of nitrogens with zero attached hydrogens (tertiary/aromatic N) is 5. The lowest BCUT2D eigenvalue weighted by atomic mass is 9.86. The molecule has 0 radical (unpaired) electrons. The van der Waals surface area contributed by atoms with Crippen molar-refractivity contribution in [3.8, 4) is 11.4 Å². The highest BCUT2D eigenvalue weighted by molar-refractivity contribution is 5.90. The second-order valence-electron chi connectivity index (χ2n) is 8.19. The standard InChI is InChI=1S/C21H30N6O/c1-16-6-8-19(9-7-16)26-10-12-27(13-11-26)21(28)23-18-5-3-4-17(14-18)20-22-15-25(2)24-20/h3-5,14-16,19H,6-13H2,1-2H3,(H,23,28). The molecule has 4 rings (SSSR count). The fraction of sp³-hybridized carbons (Fsp3) is 0.571. The first kappa shape index (κ1) is 18.9. The molecule has 7 heteroatoms. The zero-order chi connectivity index (χ0) is 19.5. The normalized spacial score (nSPS) is 23.6. The summed E-state index contributed by atoms with van der Waals surface area (Å²) in [6.07, 6.45) is 6.97. The van der Waals surface area contributed by atoms with Crippen LogP contribution in [0.5, 0.6) is 0 Å². The number of piperazine rings is 1. The molecule has 7 nitrogen and oxygen atoms in total. The highest BCUT2D eigenvalue weighted by Crippen LogP contribution is 2.27. The van der Waals surface area contributed by atoms with Gasteiger partial charge >= 0.3 is 6.03 Å². The topological polar surface area (TPSA) is 66.3 Å². The molecule has 1 saturated carbocycles. The Morgan fingerprint density at radius 2 is 1.86 bits per heavy atom. The Hall–Kier alpha value is -2.41. The highest BCUT2D eigenvalue weighted by Gasteiger charge is 2.28. The van der Waals surface area contributed by atoms with Gasteiger partial charge in [0.2, 0.25) is 0 Å². The van der Waals surface area contributed by atoms with Gasteiger partial charge in [-0.05, 0) is 43.7 Å². The minimum atomic E-state index is -0.0250. The largest absolute Gasteiger partial charge is 0.322 e. The van der Waals surface area contributed by atoms with Crippen LogP contribution in [0.25, 0.3) is 11.4 Å². The van der Waals surface area contributed by atoms with Crippen molar-refractivity contribution in [2.45, 2.75) is 38.6 Å². The van der Waals surface area contributed by atoms with E-state index >= 15 is 0 Å². The van der Waals surface area contributed by atoms with Crippen molar-refractivity contribution in [2.75, 3.05) is 31.5 Å². The number of anilines is 1. The monoisotopic (exact) mass is 382 g/mol. The summed E-state index contributed by atoms with van der Waals surface area (Å²) in [6, 6.07) is 8.39. The van der Waals surface area contributed by atoms with E-state index in [1.807, 2.05) is 36.2 Å². The van der Waals surface area contributed by atoms with E-state index in [0.29, 0.717) is 11.9 Å². The molecule has 0 spiro atoms. The molecule has 1 aromatic carbocycles. The van der Waals surface area contributed by atoms with Crippen LogP contribution in [0.4, 0.5) is 10.5 Å². The molecule has 0 atom stereocenters. The summed E-state index contributed by atoms with van der Waals surface area (Å²) in [6.45, 7) is 5.89. The van der Waals surface area contributed by atoms with Crippen molar-refractivity contribution in [1.29, 1.82) is 0 Å². The second-order valence-corrected chi connectivity index (χ2v) is 8.19. The fourth-order valence-electron chi connectivity index (χ4n) is 4.31. The molecule has 1 saturated heterocycles. The van der Waals surface area contributed by atoms with Gasteiger partial charge in [-0.2, -0.15) is 5.10 Å². The predicted molar refractivity (Wildman–Crippen MR) is 110 cm³/mol. The number of carbonyl (C=O) groups excluding carboxylic acids is 1. The van der Waals surface area contributed by atoms with Crippen LogP contribution < -0.4 is 5.32 Å². The van der Waals surface area contributed by atoms with Gasteiger partial charge in [0.15, 0.2) is 5.82 Å². The van der Waals surface area contributed by atoms with Crippen LogP contribution in [0.2, 0.25) is 0 Å². The molecule has 2 aromatic rings. The third-order valence-electron chi connectivity index (χ3n) is 6.07. The molecular formula is C21H30N6O. The molecule has 28 heavy (non-hydrogen) atoms. The minimum absolute atomic E-state index is 0.0250.